The number of hydrogen-bond donors (Lipinski definition) is 2. The van der Waals surface area contributed by atoms with Gasteiger partial charge in [0.25, 0.3) is 0 Å². The summed E-state index contributed by atoms with van der Waals surface area (Å²) in [5, 5.41) is 5.67. The molecule has 0 saturated heterocycles. The summed E-state index contributed by atoms with van der Waals surface area (Å²) >= 11 is 0. The molecule has 0 aliphatic rings. The summed E-state index contributed by atoms with van der Waals surface area (Å²) in [6.07, 6.45) is 10.5. The summed E-state index contributed by atoms with van der Waals surface area (Å²) in [4.78, 5) is 11.4. The van der Waals surface area contributed by atoms with Gasteiger partial charge >= 0.3 is 6.03 Å². The lowest BCUT2D eigenvalue weighted by atomic mass is 10.1. The number of carbonyl (C=O) groups is 1. The molecule has 0 aliphatic carbocycles. The van der Waals surface area contributed by atoms with Crippen molar-refractivity contribution in [3.63, 3.8) is 0 Å². The van der Waals surface area contributed by atoms with Gasteiger partial charge in [0, 0.05) is 40.0 Å². The van der Waals surface area contributed by atoms with Gasteiger partial charge in [-0.1, -0.05) is 39.0 Å². The second-order valence-corrected chi connectivity index (χ2v) is 5.62. The van der Waals surface area contributed by atoms with Crippen LogP contribution >= 0.6 is 0 Å². The third-order valence-corrected chi connectivity index (χ3v) is 3.45. The highest BCUT2D eigenvalue weighted by Crippen LogP contribution is 2.04. The summed E-state index contributed by atoms with van der Waals surface area (Å²) < 4.78 is 10.5. The topological polar surface area (TPSA) is 59.6 Å². The zero-order valence-electron chi connectivity index (χ0n) is 14.6. The Kier molecular flexibility index (Phi) is 17.6. The fraction of sp³-hybridized carbons (Fsp3) is 0.941. The third-order valence-electron chi connectivity index (χ3n) is 3.45. The van der Waals surface area contributed by atoms with Crippen LogP contribution in [0, 0.1) is 0 Å². The monoisotopic (exact) mass is 316 g/mol. The number of hydrogen-bond acceptors (Lipinski definition) is 3. The maximum atomic E-state index is 11.4. The number of rotatable bonds is 16. The molecule has 5 heteroatoms. The molecular formula is C17H36N2O3. The Bertz CT molecular complexity index is 238. The van der Waals surface area contributed by atoms with E-state index in [4.69, 9.17) is 9.47 Å². The average molecular weight is 316 g/mol. The minimum atomic E-state index is -0.0895. The van der Waals surface area contributed by atoms with E-state index in [1.807, 2.05) is 0 Å². The minimum absolute atomic E-state index is 0.0895. The summed E-state index contributed by atoms with van der Waals surface area (Å²) in [6, 6.07) is -0.0895. The first kappa shape index (κ1) is 21.2. The molecule has 5 nitrogen and oxygen atoms in total. The van der Waals surface area contributed by atoms with E-state index in [-0.39, 0.29) is 6.03 Å². The number of unbranched alkanes of at least 4 members (excludes halogenated alkanes) is 6. The molecule has 0 radical (unpaired) electrons. The lowest BCUT2D eigenvalue weighted by Crippen LogP contribution is -2.36. The summed E-state index contributed by atoms with van der Waals surface area (Å²) in [5.74, 6) is 0. The Morgan fingerprint density at radius 3 is 2.09 bits per heavy atom. The van der Waals surface area contributed by atoms with Gasteiger partial charge in [-0.05, 0) is 25.7 Å². The first-order valence-electron chi connectivity index (χ1n) is 8.89. The molecular weight excluding hydrogens is 280 g/mol. The van der Waals surface area contributed by atoms with Crippen LogP contribution in [-0.2, 0) is 9.47 Å². The van der Waals surface area contributed by atoms with E-state index >= 15 is 0 Å². The average Bonchev–Trinajstić information content (AvgIpc) is 2.52. The number of methoxy groups -OCH3 is 1. The molecule has 0 spiro atoms. The summed E-state index contributed by atoms with van der Waals surface area (Å²) in [5.41, 5.74) is 0. The van der Waals surface area contributed by atoms with Crippen LogP contribution in [0.3, 0.4) is 0 Å². The Labute approximate surface area is 136 Å². The van der Waals surface area contributed by atoms with Gasteiger partial charge in [-0.3, -0.25) is 0 Å². The fourth-order valence-electron chi connectivity index (χ4n) is 2.10. The Balaban J connectivity index is 3.10. The van der Waals surface area contributed by atoms with Gasteiger partial charge in [-0.15, -0.1) is 0 Å². The first-order chi connectivity index (χ1) is 10.8. The van der Waals surface area contributed by atoms with Crippen molar-refractivity contribution in [1.82, 2.24) is 10.6 Å². The number of urea groups is 1. The van der Waals surface area contributed by atoms with Crippen molar-refractivity contribution in [3.8, 4) is 0 Å². The predicted octanol–water partition coefficient (Wildman–Crippen LogP) is 3.48. The summed E-state index contributed by atoms with van der Waals surface area (Å²) in [7, 11) is 1.69. The molecule has 2 N–H and O–H groups in total. The van der Waals surface area contributed by atoms with E-state index < -0.39 is 0 Å². The van der Waals surface area contributed by atoms with E-state index in [1.165, 1.54) is 32.1 Å². The van der Waals surface area contributed by atoms with Gasteiger partial charge < -0.3 is 20.1 Å². The van der Waals surface area contributed by atoms with Crippen molar-refractivity contribution < 1.29 is 14.3 Å². The van der Waals surface area contributed by atoms with Gasteiger partial charge in [0.05, 0.1) is 0 Å². The molecule has 0 unspecified atom stereocenters. The second-order valence-electron chi connectivity index (χ2n) is 5.62. The van der Waals surface area contributed by atoms with Crippen LogP contribution in [0.1, 0.15) is 64.7 Å². The van der Waals surface area contributed by atoms with Gasteiger partial charge in [0.1, 0.15) is 0 Å². The van der Waals surface area contributed by atoms with Crippen LogP contribution in [0.2, 0.25) is 0 Å². The van der Waals surface area contributed by atoms with Crippen molar-refractivity contribution in [2.45, 2.75) is 64.7 Å². The number of nitrogens with one attached hydrogen (secondary N) is 2. The lowest BCUT2D eigenvalue weighted by molar-refractivity contribution is 0.127. The van der Waals surface area contributed by atoms with E-state index in [9.17, 15) is 4.79 Å². The van der Waals surface area contributed by atoms with Crippen LogP contribution in [0.5, 0.6) is 0 Å². The highest BCUT2D eigenvalue weighted by molar-refractivity contribution is 5.73. The molecule has 0 aromatic carbocycles. The fourth-order valence-corrected chi connectivity index (χ4v) is 2.10. The highest BCUT2D eigenvalue weighted by Gasteiger charge is 1.98. The smallest absolute Gasteiger partial charge is 0.314 e. The van der Waals surface area contributed by atoms with Crippen molar-refractivity contribution in [3.05, 3.63) is 0 Å². The molecule has 22 heavy (non-hydrogen) atoms. The molecule has 0 saturated carbocycles. The quantitative estimate of drug-likeness (QED) is 0.429. The standard InChI is InChI=1S/C17H36N2O3/c1-3-4-5-6-7-9-15-22-16-11-13-19-17(20)18-12-8-10-14-21-2/h3-16H2,1-2H3,(H2,18,19,20). The Hall–Kier alpha value is -0.810. The molecule has 0 aromatic heterocycles. The SMILES string of the molecule is CCCCCCCCOCCCNC(=O)NCCCCOC. The maximum Gasteiger partial charge on any atom is 0.314 e. The highest BCUT2D eigenvalue weighted by atomic mass is 16.5. The molecule has 0 fully saturated rings. The largest absolute Gasteiger partial charge is 0.385 e. The molecule has 0 heterocycles. The van der Waals surface area contributed by atoms with E-state index in [1.54, 1.807) is 7.11 Å². The maximum absolute atomic E-state index is 11.4. The van der Waals surface area contributed by atoms with Crippen LogP contribution in [-0.4, -0.2) is 46.1 Å². The van der Waals surface area contributed by atoms with Crippen molar-refractivity contribution in [1.29, 1.82) is 0 Å². The zero-order valence-corrected chi connectivity index (χ0v) is 14.6. The number of ether oxygens (including phenoxy) is 2. The van der Waals surface area contributed by atoms with Gasteiger partial charge in [-0.2, -0.15) is 0 Å². The van der Waals surface area contributed by atoms with Crippen LogP contribution in [0.15, 0.2) is 0 Å². The van der Waals surface area contributed by atoms with E-state index in [0.29, 0.717) is 13.1 Å². The molecule has 2 amide bonds. The minimum Gasteiger partial charge on any atom is -0.385 e. The molecule has 0 bridgehead atoms. The van der Waals surface area contributed by atoms with Crippen LogP contribution < -0.4 is 10.6 Å². The van der Waals surface area contributed by atoms with Crippen LogP contribution in [0.4, 0.5) is 4.79 Å². The zero-order chi connectivity index (χ0) is 16.3. The second kappa shape index (κ2) is 18.2. The van der Waals surface area contributed by atoms with Gasteiger partial charge in [-0.25, -0.2) is 4.79 Å². The number of carbonyl (C=O) groups excluding carboxylic acids is 1. The molecule has 0 aliphatic heterocycles. The van der Waals surface area contributed by atoms with Gasteiger partial charge in [0.2, 0.25) is 0 Å². The van der Waals surface area contributed by atoms with Gasteiger partial charge in [0.15, 0.2) is 0 Å². The van der Waals surface area contributed by atoms with E-state index in [2.05, 4.69) is 17.6 Å². The van der Waals surface area contributed by atoms with Crippen molar-refractivity contribution in [2.75, 3.05) is 40.0 Å². The first-order valence-corrected chi connectivity index (χ1v) is 8.89. The molecule has 0 atom stereocenters. The predicted molar refractivity (Wildman–Crippen MR) is 91.3 cm³/mol. The third kappa shape index (κ3) is 17.2. The molecule has 0 aromatic rings. The van der Waals surface area contributed by atoms with Crippen LogP contribution in [0.25, 0.3) is 0 Å². The summed E-state index contributed by atoms with van der Waals surface area (Å²) in [6.45, 7) is 5.92. The Morgan fingerprint density at radius 1 is 0.773 bits per heavy atom. The number of amides is 2. The normalized spacial score (nSPS) is 10.6. The lowest BCUT2D eigenvalue weighted by Gasteiger charge is -2.08. The van der Waals surface area contributed by atoms with E-state index in [0.717, 1.165) is 45.5 Å². The van der Waals surface area contributed by atoms with Crippen molar-refractivity contribution >= 4 is 6.03 Å². The Morgan fingerprint density at radius 2 is 1.36 bits per heavy atom. The molecule has 0 rings (SSSR count). The van der Waals surface area contributed by atoms with Crippen molar-refractivity contribution in [2.24, 2.45) is 0 Å². The molecule has 132 valence electrons.